The summed E-state index contributed by atoms with van der Waals surface area (Å²) in [7, 11) is 3.76. The third-order valence-corrected chi connectivity index (χ3v) is 3.59. The summed E-state index contributed by atoms with van der Waals surface area (Å²) in [5, 5.41) is 5.80. The van der Waals surface area contributed by atoms with E-state index >= 15 is 0 Å². The molecular formula is C16H22N2O. The fourth-order valence-electron chi connectivity index (χ4n) is 2.63. The summed E-state index contributed by atoms with van der Waals surface area (Å²) in [4.78, 5) is 4.36. The molecule has 0 saturated heterocycles. The first-order valence-corrected chi connectivity index (χ1v) is 6.84. The van der Waals surface area contributed by atoms with Crippen LogP contribution in [0.2, 0.25) is 0 Å². The highest BCUT2D eigenvalue weighted by atomic mass is 16.5. The zero-order chi connectivity index (χ0) is 13.7. The number of pyridine rings is 1. The predicted molar refractivity (Wildman–Crippen MR) is 79.2 cm³/mol. The Morgan fingerprint density at radius 2 is 2.05 bits per heavy atom. The summed E-state index contributed by atoms with van der Waals surface area (Å²) >= 11 is 0. The number of methoxy groups -OCH3 is 1. The van der Waals surface area contributed by atoms with Gasteiger partial charge in [-0.2, -0.15) is 0 Å². The molecule has 0 bridgehead atoms. The molecule has 1 N–H and O–H groups in total. The van der Waals surface area contributed by atoms with Crippen molar-refractivity contribution in [2.75, 3.05) is 14.2 Å². The third-order valence-electron chi connectivity index (χ3n) is 3.59. The molecule has 0 aliphatic rings. The minimum absolute atomic E-state index is 0.169. The molecule has 1 aromatic carbocycles. The summed E-state index contributed by atoms with van der Waals surface area (Å²) < 4.78 is 5.66. The topological polar surface area (TPSA) is 34.1 Å². The van der Waals surface area contributed by atoms with Crippen LogP contribution in [0.5, 0.6) is 0 Å². The summed E-state index contributed by atoms with van der Waals surface area (Å²) in [5.41, 5.74) is 1.21. The van der Waals surface area contributed by atoms with Crippen LogP contribution in [-0.2, 0) is 4.74 Å². The minimum Gasteiger partial charge on any atom is -0.379 e. The molecule has 0 aliphatic heterocycles. The number of fused-ring (bicyclic) bond motifs is 1. The van der Waals surface area contributed by atoms with Gasteiger partial charge in [0, 0.05) is 24.9 Å². The van der Waals surface area contributed by atoms with Gasteiger partial charge in [-0.25, -0.2) is 0 Å². The molecule has 0 saturated carbocycles. The summed E-state index contributed by atoms with van der Waals surface area (Å²) in [6, 6.07) is 8.53. The van der Waals surface area contributed by atoms with Crippen molar-refractivity contribution in [1.82, 2.24) is 10.3 Å². The first kappa shape index (κ1) is 14.0. The van der Waals surface area contributed by atoms with Crippen molar-refractivity contribution in [3.63, 3.8) is 0 Å². The van der Waals surface area contributed by atoms with Crippen molar-refractivity contribution in [1.29, 1.82) is 0 Å². The molecule has 1 aromatic heterocycles. The standard InChI is InChI=1S/C16H22N2O/c1-4-7-15(19-3)16(17-2)14-11-18-10-12-8-5-6-9-13(12)14/h5-6,8-11,15-17H,4,7H2,1-3H3. The van der Waals surface area contributed by atoms with Gasteiger partial charge in [-0.05, 0) is 24.4 Å². The summed E-state index contributed by atoms with van der Waals surface area (Å²) in [5.74, 6) is 0. The fraction of sp³-hybridized carbons (Fsp3) is 0.438. The van der Waals surface area contributed by atoms with Gasteiger partial charge in [-0.15, -0.1) is 0 Å². The number of rotatable bonds is 6. The Balaban J connectivity index is 2.45. The lowest BCUT2D eigenvalue weighted by molar-refractivity contribution is 0.0633. The first-order chi connectivity index (χ1) is 9.31. The van der Waals surface area contributed by atoms with Gasteiger partial charge in [0.15, 0.2) is 0 Å². The molecule has 0 amide bonds. The van der Waals surface area contributed by atoms with Gasteiger partial charge in [0.1, 0.15) is 0 Å². The van der Waals surface area contributed by atoms with E-state index in [1.165, 1.54) is 16.3 Å². The van der Waals surface area contributed by atoms with E-state index < -0.39 is 0 Å². The van der Waals surface area contributed by atoms with E-state index in [1.54, 1.807) is 7.11 Å². The lowest BCUT2D eigenvalue weighted by Crippen LogP contribution is -2.31. The maximum Gasteiger partial charge on any atom is 0.0766 e. The first-order valence-electron chi connectivity index (χ1n) is 6.84. The summed E-state index contributed by atoms with van der Waals surface area (Å²) in [6.45, 7) is 2.18. The Labute approximate surface area is 115 Å². The van der Waals surface area contributed by atoms with Crippen molar-refractivity contribution < 1.29 is 4.74 Å². The molecule has 0 radical (unpaired) electrons. The molecule has 3 heteroatoms. The summed E-state index contributed by atoms with van der Waals surface area (Å²) in [6.07, 6.45) is 6.17. The van der Waals surface area contributed by atoms with Crippen LogP contribution < -0.4 is 5.32 Å². The van der Waals surface area contributed by atoms with Crippen LogP contribution in [0, 0.1) is 0 Å². The molecular weight excluding hydrogens is 236 g/mol. The van der Waals surface area contributed by atoms with E-state index in [0.29, 0.717) is 0 Å². The fourth-order valence-corrected chi connectivity index (χ4v) is 2.63. The Morgan fingerprint density at radius 1 is 1.26 bits per heavy atom. The molecule has 102 valence electrons. The molecule has 2 rings (SSSR count). The second-order valence-corrected chi connectivity index (χ2v) is 4.78. The van der Waals surface area contributed by atoms with Gasteiger partial charge in [0.05, 0.1) is 12.1 Å². The number of nitrogens with one attached hydrogen (secondary N) is 1. The van der Waals surface area contributed by atoms with Gasteiger partial charge < -0.3 is 10.1 Å². The maximum atomic E-state index is 5.66. The van der Waals surface area contributed by atoms with E-state index in [4.69, 9.17) is 4.74 Å². The molecule has 2 aromatic rings. The number of hydrogen-bond donors (Lipinski definition) is 1. The number of benzene rings is 1. The number of aromatic nitrogens is 1. The molecule has 1 heterocycles. The molecule has 0 fully saturated rings. The van der Waals surface area contributed by atoms with Crippen LogP contribution in [-0.4, -0.2) is 25.2 Å². The van der Waals surface area contributed by atoms with E-state index in [-0.39, 0.29) is 12.1 Å². The Bertz CT molecular complexity index is 522. The highest BCUT2D eigenvalue weighted by Gasteiger charge is 2.22. The molecule has 3 nitrogen and oxygen atoms in total. The highest BCUT2D eigenvalue weighted by Crippen LogP contribution is 2.27. The average Bonchev–Trinajstić information content (AvgIpc) is 2.47. The molecule has 19 heavy (non-hydrogen) atoms. The lowest BCUT2D eigenvalue weighted by atomic mass is 9.95. The normalized spacial score (nSPS) is 14.5. The Hall–Kier alpha value is -1.45. The van der Waals surface area contributed by atoms with Crippen molar-refractivity contribution in [3.8, 4) is 0 Å². The van der Waals surface area contributed by atoms with Crippen molar-refractivity contribution in [2.24, 2.45) is 0 Å². The van der Waals surface area contributed by atoms with Crippen LogP contribution in [0.25, 0.3) is 10.8 Å². The predicted octanol–water partition coefficient (Wildman–Crippen LogP) is 3.31. The van der Waals surface area contributed by atoms with Gasteiger partial charge in [-0.3, -0.25) is 4.98 Å². The Morgan fingerprint density at radius 3 is 2.74 bits per heavy atom. The lowest BCUT2D eigenvalue weighted by Gasteiger charge is -2.26. The van der Waals surface area contributed by atoms with Gasteiger partial charge >= 0.3 is 0 Å². The second-order valence-electron chi connectivity index (χ2n) is 4.78. The second kappa shape index (κ2) is 6.64. The van der Waals surface area contributed by atoms with E-state index in [9.17, 15) is 0 Å². The van der Waals surface area contributed by atoms with Crippen LogP contribution in [0.1, 0.15) is 31.4 Å². The monoisotopic (exact) mass is 258 g/mol. The van der Waals surface area contributed by atoms with Crippen LogP contribution in [0.4, 0.5) is 0 Å². The number of ether oxygens (including phenoxy) is 1. The van der Waals surface area contributed by atoms with Crippen LogP contribution >= 0.6 is 0 Å². The van der Waals surface area contributed by atoms with E-state index in [0.717, 1.165) is 12.8 Å². The third kappa shape index (κ3) is 2.94. The smallest absolute Gasteiger partial charge is 0.0766 e. The minimum atomic E-state index is 0.169. The van der Waals surface area contributed by atoms with Crippen LogP contribution in [0.3, 0.4) is 0 Å². The Kier molecular flexibility index (Phi) is 4.88. The molecule has 0 aliphatic carbocycles. The molecule has 2 unspecified atom stereocenters. The quantitative estimate of drug-likeness (QED) is 0.863. The van der Waals surface area contributed by atoms with Crippen molar-refractivity contribution in [2.45, 2.75) is 31.9 Å². The number of hydrogen-bond acceptors (Lipinski definition) is 3. The number of nitrogens with zero attached hydrogens (tertiary/aromatic N) is 1. The van der Waals surface area contributed by atoms with Crippen LogP contribution in [0.15, 0.2) is 36.7 Å². The van der Waals surface area contributed by atoms with Crippen molar-refractivity contribution >= 4 is 10.8 Å². The van der Waals surface area contributed by atoms with Crippen molar-refractivity contribution in [3.05, 3.63) is 42.2 Å². The zero-order valence-electron chi connectivity index (χ0n) is 11.9. The number of likely N-dealkylation sites (N-methyl/N-ethyl adjacent to an activating group) is 1. The van der Waals surface area contributed by atoms with E-state index in [2.05, 4.69) is 35.4 Å². The zero-order valence-corrected chi connectivity index (χ0v) is 11.9. The average molecular weight is 258 g/mol. The maximum absolute atomic E-state index is 5.66. The van der Waals surface area contributed by atoms with E-state index in [1.807, 2.05) is 25.5 Å². The van der Waals surface area contributed by atoms with Gasteiger partial charge in [0.2, 0.25) is 0 Å². The molecule has 2 atom stereocenters. The molecule has 0 spiro atoms. The van der Waals surface area contributed by atoms with Gasteiger partial charge in [0.25, 0.3) is 0 Å². The van der Waals surface area contributed by atoms with Gasteiger partial charge in [-0.1, -0.05) is 37.6 Å². The highest BCUT2D eigenvalue weighted by molar-refractivity contribution is 5.85. The largest absolute Gasteiger partial charge is 0.379 e. The SMILES string of the molecule is CCCC(OC)C(NC)c1cncc2ccccc12.